The van der Waals surface area contributed by atoms with Gasteiger partial charge in [0.15, 0.2) is 0 Å². The van der Waals surface area contributed by atoms with Gasteiger partial charge in [-0.2, -0.15) is 0 Å². The summed E-state index contributed by atoms with van der Waals surface area (Å²) in [6.45, 7) is 2.18. The quantitative estimate of drug-likeness (QED) is 0.253. The third-order valence-electron chi connectivity index (χ3n) is 6.66. The summed E-state index contributed by atoms with van der Waals surface area (Å²) in [5.74, 6) is 0. The zero-order valence-electron chi connectivity index (χ0n) is 18.2. The van der Waals surface area contributed by atoms with Crippen molar-refractivity contribution in [1.82, 2.24) is 4.57 Å². The second-order valence-corrected chi connectivity index (χ2v) is 9.78. The van der Waals surface area contributed by atoms with Crippen LogP contribution in [0.25, 0.3) is 58.8 Å². The van der Waals surface area contributed by atoms with Crippen LogP contribution in [0.5, 0.6) is 0 Å². The normalized spacial score (nSPS) is 11.8. The predicted molar refractivity (Wildman–Crippen MR) is 144 cm³/mol. The minimum atomic E-state index is 1.22. The van der Waals surface area contributed by atoms with Gasteiger partial charge in [-0.15, -0.1) is 11.3 Å². The number of benzene rings is 5. The van der Waals surface area contributed by atoms with Gasteiger partial charge in [0.2, 0.25) is 0 Å². The first-order chi connectivity index (χ1) is 16.3. The van der Waals surface area contributed by atoms with Crippen LogP contribution in [0, 0.1) is 6.92 Å². The Labute approximate surface area is 196 Å². The molecule has 0 saturated heterocycles. The molecule has 0 aliphatic rings. The van der Waals surface area contributed by atoms with E-state index in [4.69, 9.17) is 0 Å². The number of fused-ring (bicyclic) bond motifs is 6. The Balaban J connectivity index is 1.54. The van der Waals surface area contributed by atoms with E-state index in [1.807, 2.05) is 11.3 Å². The number of nitrogens with zero attached hydrogens (tertiary/aromatic N) is 1. The van der Waals surface area contributed by atoms with Crippen LogP contribution in [0.2, 0.25) is 0 Å². The first-order valence-corrected chi connectivity index (χ1v) is 12.1. The maximum Gasteiger partial charge on any atom is 0.0541 e. The highest BCUT2D eigenvalue weighted by Crippen LogP contribution is 2.40. The van der Waals surface area contributed by atoms with Gasteiger partial charge in [0.1, 0.15) is 0 Å². The van der Waals surface area contributed by atoms with Crippen molar-refractivity contribution in [2.24, 2.45) is 0 Å². The molecule has 0 aliphatic heterocycles. The molecule has 0 fully saturated rings. The van der Waals surface area contributed by atoms with E-state index in [0.29, 0.717) is 0 Å². The van der Waals surface area contributed by atoms with E-state index in [2.05, 4.69) is 121 Å². The fourth-order valence-electron chi connectivity index (χ4n) is 5.15. The fourth-order valence-corrected chi connectivity index (χ4v) is 6.30. The topological polar surface area (TPSA) is 4.93 Å². The van der Waals surface area contributed by atoms with E-state index in [1.165, 1.54) is 64.4 Å². The van der Waals surface area contributed by atoms with E-state index >= 15 is 0 Å². The third kappa shape index (κ3) is 2.78. The standard InChI is InChI=1S/C31H21NS/c1-20-14-17-29(32-27-11-5-2-8-22(27)23-9-3-6-12-28(23)32)26(18-20)21-15-16-25-24-10-4-7-13-30(24)33-31(25)19-21/h2-19H,1H3. The Morgan fingerprint density at radius 3 is 1.94 bits per heavy atom. The molecule has 0 spiro atoms. The van der Waals surface area contributed by atoms with E-state index in [-0.39, 0.29) is 0 Å². The molecule has 2 aromatic heterocycles. The molecule has 2 heterocycles. The summed E-state index contributed by atoms with van der Waals surface area (Å²) in [6, 6.07) is 39.9. The summed E-state index contributed by atoms with van der Waals surface area (Å²) in [5.41, 5.74) is 7.50. The molecule has 0 N–H and O–H groups in total. The molecule has 5 aromatic carbocycles. The second-order valence-electron chi connectivity index (χ2n) is 8.70. The van der Waals surface area contributed by atoms with Crippen LogP contribution in [0.15, 0.2) is 109 Å². The molecule has 7 aromatic rings. The summed E-state index contributed by atoms with van der Waals surface area (Å²) >= 11 is 1.88. The van der Waals surface area contributed by atoms with Crippen LogP contribution in [0.3, 0.4) is 0 Å². The lowest BCUT2D eigenvalue weighted by molar-refractivity contribution is 1.18. The van der Waals surface area contributed by atoms with Gasteiger partial charge in [-0.25, -0.2) is 0 Å². The van der Waals surface area contributed by atoms with Crippen LogP contribution in [-0.2, 0) is 0 Å². The molecule has 0 amide bonds. The summed E-state index contributed by atoms with van der Waals surface area (Å²) in [7, 11) is 0. The Morgan fingerprint density at radius 1 is 0.545 bits per heavy atom. The Hall–Kier alpha value is -3.88. The van der Waals surface area contributed by atoms with Crippen molar-refractivity contribution >= 4 is 53.3 Å². The molecule has 156 valence electrons. The lowest BCUT2D eigenvalue weighted by Gasteiger charge is -2.15. The van der Waals surface area contributed by atoms with Crippen molar-refractivity contribution in [3.63, 3.8) is 0 Å². The molecule has 0 bridgehead atoms. The maximum atomic E-state index is 2.43. The van der Waals surface area contributed by atoms with Gasteiger partial charge in [0, 0.05) is 36.5 Å². The minimum absolute atomic E-state index is 1.22. The second kappa shape index (κ2) is 7.06. The number of hydrogen-bond acceptors (Lipinski definition) is 1. The monoisotopic (exact) mass is 439 g/mol. The van der Waals surface area contributed by atoms with Crippen LogP contribution in [-0.4, -0.2) is 4.57 Å². The highest BCUT2D eigenvalue weighted by molar-refractivity contribution is 7.25. The first kappa shape index (κ1) is 18.7. The van der Waals surface area contributed by atoms with Crippen molar-refractivity contribution in [3.8, 4) is 16.8 Å². The predicted octanol–water partition coefficient (Wildman–Crippen LogP) is 9.13. The number of rotatable bonds is 2. The first-order valence-electron chi connectivity index (χ1n) is 11.3. The zero-order valence-corrected chi connectivity index (χ0v) is 19.1. The summed E-state index contributed by atoms with van der Waals surface area (Å²) in [4.78, 5) is 0. The van der Waals surface area contributed by atoms with Crippen LogP contribution >= 0.6 is 11.3 Å². The van der Waals surface area contributed by atoms with Crippen LogP contribution < -0.4 is 0 Å². The van der Waals surface area contributed by atoms with Gasteiger partial charge in [0.05, 0.1) is 16.7 Å². The van der Waals surface area contributed by atoms with Crippen molar-refractivity contribution in [2.75, 3.05) is 0 Å². The van der Waals surface area contributed by atoms with E-state index < -0.39 is 0 Å². The smallest absolute Gasteiger partial charge is 0.0541 e. The Bertz CT molecular complexity index is 1780. The molecule has 7 rings (SSSR count). The average Bonchev–Trinajstić information content (AvgIpc) is 3.39. The molecular weight excluding hydrogens is 418 g/mol. The molecule has 1 nitrogen and oxygen atoms in total. The lowest BCUT2D eigenvalue weighted by atomic mass is 9.99. The highest BCUT2D eigenvalue weighted by Gasteiger charge is 2.16. The molecule has 0 aliphatic carbocycles. The average molecular weight is 440 g/mol. The Morgan fingerprint density at radius 2 is 1.18 bits per heavy atom. The molecule has 0 radical (unpaired) electrons. The lowest BCUT2D eigenvalue weighted by Crippen LogP contribution is -1.97. The van der Waals surface area contributed by atoms with Crippen LogP contribution in [0.4, 0.5) is 0 Å². The van der Waals surface area contributed by atoms with E-state index in [9.17, 15) is 0 Å². The molecule has 0 unspecified atom stereocenters. The SMILES string of the molecule is Cc1ccc(-n2c3ccccc3c3ccccc32)c(-c2ccc3c(c2)sc2ccccc23)c1. The third-order valence-corrected chi connectivity index (χ3v) is 7.80. The number of aromatic nitrogens is 1. The van der Waals surface area contributed by atoms with Crippen molar-refractivity contribution in [1.29, 1.82) is 0 Å². The van der Waals surface area contributed by atoms with E-state index in [1.54, 1.807) is 0 Å². The Kier molecular flexibility index (Phi) is 3.99. The van der Waals surface area contributed by atoms with Gasteiger partial charge < -0.3 is 4.57 Å². The summed E-state index contributed by atoms with van der Waals surface area (Å²) in [5, 5.41) is 5.26. The largest absolute Gasteiger partial charge is 0.309 e. The maximum absolute atomic E-state index is 2.43. The number of thiophene rings is 1. The molecule has 33 heavy (non-hydrogen) atoms. The molecule has 2 heteroatoms. The van der Waals surface area contributed by atoms with Gasteiger partial charge in [-0.05, 0) is 48.9 Å². The number of hydrogen-bond donors (Lipinski definition) is 0. The van der Waals surface area contributed by atoms with Crippen molar-refractivity contribution in [3.05, 3.63) is 115 Å². The zero-order chi connectivity index (χ0) is 21.9. The minimum Gasteiger partial charge on any atom is -0.309 e. The molecule has 0 atom stereocenters. The summed E-state index contributed by atoms with van der Waals surface area (Å²) < 4.78 is 5.11. The van der Waals surface area contributed by atoms with Gasteiger partial charge in [0.25, 0.3) is 0 Å². The van der Waals surface area contributed by atoms with Crippen LogP contribution in [0.1, 0.15) is 5.56 Å². The van der Waals surface area contributed by atoms with Crippen molar-refractivity contribution < 1.29 is 0 Å². The van der Waals surface area contributed by atoms with Gasteiger partial charge in [-0.3, -0.25) is 0 Å². The number of para-hydroxylation sites is 2. The summed E-state index contributed by atoms with van der Waals surface area (Å²) in [6.07, 6.45) is 0. The van der Waals surface area contributed by atoms with Crippen molar-refractivity contribution in [2.45, 2.75) is 6.92 Å². The number of aryl methyl sites for hydroxylation is 1. The molecule has 0 saturated carbocycles. The molecular formula is C31H21NS. The van der Waals surface area contributed by atoms with Gasteiger partial charge in [-0.1, -0.05) is 78.4 Å². The highest BCUT2D eigenvalue weighted by atomic mass is 32.1. The van der Waals surface area contributed by atoms with Gasteiger partial charge >= 0.3 is 0 Å². The fraction of sp³-hybridized carbons (Fsp3) is 0.0323. The van der Waals surface area contributed by atoms with E-state index in [0.717, 1.165) is 0 Å².